The molecular weight excluding hydrogens is 213 g/mol. The van der Waals surface area contributed by atoms with Crippen molar-refractivity contribution in [1.82, 2.24) is 14.8 Å². The summed E-state index contributed by atoms with van der Waals surface area (Å²) in [5.74, 6) is 0.454. The molecule has 15 heavy (non-hydrogen) atoms. The predicted molar refractivity (Wildman–Crippen MR) is 57.6 cm³/mol. The molecule has 1 aromatic carbocycles. The molecule has 1 N–H and O–H groups in total. The van der Waals surface area contributed by atoms with E-state index in [1.54, 1.807) is 29.9 Å². The van der Waals surface area contributed by atoms with Gasteiger partial charge in [0, 0.05) is 13.5 Å². The zero-order chi connectivity index (χ0) is 10.8. The zero-order valence-corrected chi connectivity index (χ0v) is 9.01. The Morgan fingerprint density at radius 2 is 2.20 bits per heavy atom. The lowest BCUT2D eigenvalue weighted by Crippen LogP contribution is -1.96. The Morgan fingerprint density at radius 1 is 1.47 bits per heavy atom. The van der Waals surface area contributed by atoms with E-state index in [-0.39, 0.29) is 5.82 Å². The van der Waals surface area contributed by atoms with Crippen LogP contribution in [-0.2, 0) is 13.5 Å². The number of halogens is 1. The van der Waals surface area contributed by atoms with Crippen LogP contribution >= 0.6 is 12.2 Å². The summed E-state index contributed by atoms with van der Waals surface area (Å²) in [5.41, 5.74) is 0.613. The lowest BCUT2D eigenvalue weighted by atomic mass is 10.1. The maximum absolute atomic E-state index is 13.3. The van der Waals surface area contributed by atoms with Crippen LogP contribution < -0.4 is 0 Å². The van der Waals surface area contributed by atoms with E-state index in [1.165, 1.54) is 6.07 Å². The lowest BCUT2D eigenvalue weighted by Gasteiger charge is -1.99. The number of hydrogen-bond donors (Lipinski definition) is 1. The van der Waals surface area contributed by atoms with Crippen molar-refractivity contribution in [1.29, 1.82) is 0 Å². The van der Waals surface area contributed by atoms with Gasteiger partial charge in [0.1, 0.15) is 11.6 Å². The molecule has 0 saturated carbocycles. The first kappa shape index (κ1) is 10.0. The van der Waals surface area contributed by atoms with E-state index in [4.69, 9.17) is 12.2 Å². The number of rotatable bonds is 2. The third-order valence-electron chi connectivity index (χ3n) is 2.13. The molecule has 0 amide bonds. The number of H-pyrrole nitrogens is 1. The molecule has 1 heterocycles. The van der Waals surface area contributed by atoms with E-state index >= 15 is 0 Å². The lowest BCUT2D eigenvalue weighted by molar-refractivity contribution is 0.611. The molecule has 5 heteroatoms. The van der Waals surface area contributed by atoms with Crippen LogP contribution in [0.1, 0.15) is 11.4 Å². The molecule has 0 radical (unpaired) electrons. The minimum Gasteiger partial charge on any atom is -0.283 e. The molecule has 3 nitrogen and oxygen atoms in total. The topological polar surface area (TPSA) is 33.6 Å². The maximum atomic E-state index is 13.3. The number of aryl methyl sites for hydroxylation is 1. The Kier molecular flexibility index (Phi) is 2.64. The third kappa shape index (κ3) is 2.12. The Labute approximate surface area is 91.6 Å². The van der Waals surface area contributed by atoms with Crippen LogP contribution in [0.5, 0.6) is 0 Å². The van der Waals surface area contributed by atoms with E-state index in [2.05, 4.69) is 10.1 Å². The van der Waals surface area contributed by atoms with Gasteiger partial charge in [-0.2, -0.15) is 0 Å². The van der Waals surface area contributed by atoms with Gasteiger partial charge in [-0.1, -0.05) is 18.2 Å². The molecule has 1 aromatic heterocycles. The minimum atomic E-state index is -0.220. The molecule has 0 saturated heterocycles. The van der Waals surface area contributed by atoms with Crippen LogP contribution in [0.3, 0.4) is 0 Å². The Balaban J connectivity index is 2.30. The summed E-state index contributed by atoms with van der Waals surface area (Å²) in [4.78, 5) is 4.10. The number of hydrogen-bond acceptors (Lipinski definition) is 2. The number of benzene rings is 1. The van der Waals surface area contributed by atoms with Gasteiger partial charge in [-0.3, -0.25) is 9.78 Å². The molecule has 0 atom stereocenters. The van der Waals surface area contributed by atoms with Gasteiger partial charge >= 0.3 is 0 Å². The van der Waals surface area contributed by atoms with Crippen LogP contribution in [0.4, 0.5) is 4.39 Å². The van der Waals surface area contributed by atoms with Crippen molar-refractivity contribution in [3.8, 4) is 0 Å². The van der Waals surface area contributed by atoms with Crippen molar-refractivity contribution in [3.05, 3.63) is 46.2 Å². The van der Waals surface area contributed by atoms with Crippen molar-refractivity contribution in [3.63, 3.8) is 0 Å². The van der Waals surface area contributed by atoms with Crippen LogP contribution in [0.25, 0.3) is 0 Å². The zero-order valence-electron chi connectivity index (χ0n) is 8.20. The first-order valence-corrected chi connectivity index (χ1v) is 4.93. The van der Waals surface area contributed by atoms with Gasteiger partial charge in [-0.15, -0.1) is 0 Å². The second kappa shape index (κ2) is 3.94. The average molecular weight is 223 g/mol. The fraction of sp³-hybridized carbons (Fsp3) is 0.200. The Bertz CT molecular complexity index is 529. The second-order valence-electron chi connectivity index (χ2n) is 3.28. The smallest absolute Gasteiger partial charge is 0.215 e. The largest absolute Gasteiger partial charge is 0.283 e. The number of nitrogens with one attached hydrogen (secondary N) is 1. The quantitative estimate of drug-likeness (QED) is 0.792. The van der Waals surface area contributed by atoms with Gasteiger partial charge in [0.25, 0.3) is 0 Å². The molecule has 0 spiro atoms. The van der Waals surface area contributed by atoms with Gasteiger partial charge in [0.05, 0.1) is 0 Å². The molecule has 2 aromatic rings. The van der Waals surface area contributed by atoms with E-state index < -0.39 is 0 Å². The van der Waals surface area contributed by atoms with E-state index in [9.17, 15) is 4.39 Å². The predicted octanol–water partition coefficient (Wildman–Crippen LogP) is 2.21. The monoisotopic (exact) mass is 223 g/mol. The van der Waals surface area contributed by atoms with Crippen LogP contribution in [0.15, 0.2) is 24.3 Å². The highest BCUT2D eigenvalue weighted by molar-refractivity contribution is 7.71. The van der Waals surface area contributed by atoms with Gasteiger partial charge in [0.15, 0.2) is 0 Å². The summed E-state index contributed by atoms with van der Waals surface area (Å²) in [6.07, 6.45) is 0.428. The van der Waals surface area contributed by atoms with Gasteiger partial charge in [0.2, 0.25) is 4.77 Å². The SMILES string of the molecule is Cn1[nH]c(Cc2ccccc2F)nc1=S. The second-order valence-corrected chi connectivity index (χ2v) is 3.65. The van der Waals surface area contributed by atoms with Crippen molar-refractivity contribution < 1.29 is 4.39 Å². The molecule has 78 valence electrons. The van der Waals surface area contributed by atoms with Gasteiger partial charge < -0.3 is 0 Å². The summed E-state index contributed by atoms with van der Waals surface area (Å²) in [6, 6.07) is 6.64. The fourth-order valence-corrected chi connectivity index (χ4v) is 1.51. The van der Waals surface area contributed by atoms with Crippen molar-refractivity contribution in [2.24, 2.45) is 7.05 Å². The van der Waals surface area contributed by atoms with Crippen molar-refractivity contribution in [2.75, 3.05) is 0 Å². The average Bonchev–Trinajstić information content (AvgIpc) is 2.50. The Morgan fingerprint density at radius 3 is 2.80 bits per heavy atom. The summed E-state index contributed by atoms with van der Waals surface area (Å²) in [6.45, 7) is 0. The molecular formula is C10H10FN3S. The molecule has 2 rings (SSSR count). The summed E-state index contributed by atoms with van der Waals surface area (Å²) < 4.78 is 15.4. The highest BCUT2D eigenvalue weighted by Crippen LogP contribution is 2.10. The van der Waals surface area contributed by atoms with Crippen molar-refractivity contribution in [2.45, 2.75) is 6.42 Å². The van der Waals surface area contributed by atoms with Crippen LogP contribution in [0, 0.1) is 10.6 Å². The molecule has 0 aliphatic rings. The standard InChI is InChI=1S/C10H10FN3S/c1-14-10(15)12-9(13-14)6-7-4-2-3-5-8(7)11/h2-5H,6H2,1H3,(H,12,13,15). The fourth-order valence-electron chi connectivity index (χ4n) is 1.36. The molecule has 0 bridgehead atoms. The molecule has 0 unspecified atom stereocenters. The third-order valence-corrected chi connectivity index (χ3v) is 2.50. The maximum Gasteiger partial charge on any atom is 0.215 e. The summed E-state index contributed by atoms with van der Waals surface area (Å²) in [7, 11) is 1.78. The van der Waals surface area contributed by atoms with E-state index in [0.717, 1.165) is 0 Å². The normalized spacial score (nSPS) is 10.5. The summed E-state index contributed by atoms with van der Waals surface area (Å²) in [5, 5.41) is 2.95. The van der Waals surface area contributed by atoms with E-state index in [0.29, 0.717) is 22.6 Å². The van der Waals surface area contributed by atoms with Crippen molar-refractivity contribution >= 4 is 12.2 Å². The first-order chi connectivity index (χ1) is 7.16. The number of nitrogens with zero attached hydrogens (tertiary/aromatic N) is 2. The number of aromatic nitrogens is 3. The minimum absolute atomic E-state index is 0.220. The Hall–Kier alpha value is -1.49. The number of aromatic amines is 1. The van der Waals surface area contributed by atoms with Crippen LogP contribution in [-0.4, -0.2) is 14.8 Å². The summed E-state index contributed by atoms with van der Waals surface area (Å²) >= 11 is 4.95. The highest BCUT2D eigenvalue weighted by atomic mass is 32.1. The first-order valence-electron chi connectivity index (χ1n) is 4.52. The van der Waals surface area contributed by atoms with Gasteiger partial charge in [-0.25, -0.2) is 9.37 Å². The van der Waals surface area contributed by atoms with Gasteiger partial charge in [-0.05, 0) is 23.8 Å². The van der Waals surface area contributed by atoms with E-state index in [1.807, 2.05) is 0 Å². The van der Waals surface area contributed by atoms with Crippen LogP contribution in [0.2, 0.25) is 0 Å². The highest BCUT2D eigenvalue weighted by Gasteiger charge is 2.05. The molecule has 0 aliphatic carbocycles. The molecule has 0 fully saturated rings. The molecule has 0 aliphatic heterocycles.